The second kappa shape index (κ2) is 10.5. The summed E-state index contributed by atoms with van der Waals surface area (Å²) in [6.45, 7) is 3.83. The maximum Gasteiger partial charge on any atom is 0.290 e. The molecule has 1 aliphatic heterocycles. The molecule has 0 saturated heterocycles. The Balaban J connectivity index is 1.58. The molecule has 0 bridgehead atoms. The highest BCUT2D eigenvalue weighted by Crippen LogP contribution is 2.41. The van der Waals surface area contributed by atoms with Gasteiger partial charge >= 0.3 is 0 Å². The number of carbonyl (C=O) groups is 1. The molecule has 2 heterocycles. The molecule has 1 unspecified atom stereocenters. The summed E-state index contributed by atoms with van der Waals surface area (Å²) in [5.74, 6) is 0.987. The van der Waals surface area contributed by atoms with E-state index in [1.165, 1.54) is 0 Å². The third-order valence-corrected chi connectivity index (χ3v) is 6.48. The molecule has 0 spiro atoms. The third kappa shape index (κ3) is 4.82. The fraction of sp³-hybridized carbons (Fsp3) is 0.267. The molecule has 3 aromatic carbocycles. The quantitative estimate of drug-likeness (QED) is 0.328. The number of hydrogen-bond acceptors (Lipinski definition) is 6. The molecule has 0 fully saturated rings. The monoisotopic (exact) mass is 498 g/mol. The van der Waals surface area contributed by atoms with Gasteiger partial charge in [-0.15, -0.1) is 0 Å². The number of ether oxygens (including phenoxy) is 2. The van der Waals surface area contributed by atoms with E-state index in [0.29, 0.717) is 54.3 Å². The van der Waals surface area contributed by atoms with E-state index in [1.807, 2.05) is 74.4 Å². The van der Waals surface area contributed by atoms with Crippen LogP contribution in [0.1, 0.15) is 40.2 Å². The summed E-state index contributed by atoms with van der Waals surface area (Å²) in [5.41, 5.74) is 2.40. The van der Waals surface area contributed by atoms with Crippen molar-refractivity contribution in [1.29, 1.82) is 0 Å². The van der Waals surface area contributed by atoms with Gasteiger partial charge in [0, 0.05) is 13.1 Å². The maximum atomic E-state index is 13.7. The SMILES string of the molecule is CCOc1cc(C2c3c(oc4ccccc4c3=O)C(=O)N2CCN(C)C)ccc1OCc1ccccc1. The fourth-order valence-electron chi connectivity index (χ4n) is 4.67. The van der Waals surface area contributed by atoms with Crippen LogP contribution < -0.4 is 14.9 Å². The Labute approximate surface area is 215 Å². The van der Waals surface area contributed by atoms with Gasteiger partial charge in [0.05, 0.1) is 23.6 Å². The molecule has 0 saturated carbocycles. The van der Waals surface area contributed by atoms with Crippen molar-refractivity contribution in [1.82, 2.24) is 9.80 Å². The lowest BCUT2D eigenvalue weighted by molar-refractivity contribution is 0.0716. The van der Waals surface area contributed by atoms with Crippen LogP contribution in [-0.4, -0.2) is 49.5 Å². The zero-order chi connectivity index (χ0) is 25.9. The smallest absolute Gasteiger partial charge is 0.290 e. The van der Waals surface area contributed by atoms with E-state index >= 15 is 0 Å². The van der Waals surface area contributed by atoms with Crippen LogP contribution in [0.4, 0.5) is 0 Å². The van der Waals surface area contributed by atoms with Crippen LogP contribution in [-0.2, 0) is 6.61 Å². The topological polar surface area (TPSA) is 72.2 Å². The maximum absolute atomic E-state index is 13.7. The number of amides is 1. The Hall–Kier alpha value is -4.10. The summed E-state index contributed by atoms with van der Waals surface area (Å²) in [5, 5.41) is 0.460. The van der Waals surface area contributed by atoms with Crippen molar-refractivity contribution in [3.63, 3.8) is 0 Å². The summed E-state index contributed by atoms with van der Waals surface area (Å²) >= 11 is 0. The standard InChI is InChI=1S/C30H30N2O5/c1-4-35-25-18-21(14-15-24(25)36-19-20-10-6-5-7-11-20)27-26-28(33)22-12-8-9-13-23(22)37-29(26)30(34)32(27)17-16-31(2)3/h5-15,18,27H,4,16-17,19H2,1-3H3. The van der Waals surface area contributed by atoms with Gasteiger partial charge in [-0.25, -0.2) is 0 Å². The second-order valence-corrected chi connectivity index (χ2v) is 9.29. The van der Waals surface area contributed by atoms with Gasteiger partial charge in [-0.3, -0.25) is 9.59 Å². The van der Waals surface area contributed by atoms with Crippen molar-refractivity contribution in [3.8, 4) is 11.5 Å². The highest BCUT2D eigenvalue weighted by molar-refractivity contribution is 5.99. The third-order valence-electron chi connectivity index (χ3n) is 6.48. The van der Waals surface area contributed by atoms with Gasteiger partial charge < -0.3 is 23.7 Å². The average molecular weight is 499 g/mol. The lowest BCUT2D eigenvalue weighted by Gasteiger charge is -2.27. The van der Waals surface area contributed by atoms with Crippen molar-refractivity contribution in [2.75, 3.05) is 33.8 Å². The molecule has 1 aromatic heterocycles. The highest BCUT2D eigenvalue weighted by Gasteiger charge is 2.42. The molecule has 0 N–H and O–H groups in total. The van der Waals surface area contributed by atoms with Gasteiger partial charge in [-0.1, -0.05) is 48.5 Å². The molecule has 0 aliphatic carbocycles. The van der Waals surface area contributed by atoms with E-state index in [1.54, 1.807) is 29.2 Å². The molecule has 1 amide bonds. The molecule has 1 atom stereocenters. The van der Waals surface area contributed by atoms with E-state index < -0.39 is 6.04 Å². The van der Waals surface area contributed by atoms with Gasteiger partial charge in [-0.05, 0) is 56.4 Å². The lowest BCUT2D eigenvalue weighted by atomic mass is 9.98. The van der Waals surface area contributed by atoms with Gasteiger partial charge in [0.1, 0.15) is 12.2 Å². The van der Waals surface area contributed by atoms with E-state index in [9.17, 15) is 9.59 Å². The molecule has 7 nitrogen and oxygen atoms in total. The molecule has 0 radical (unpaired) electrons. The Kier molecular flexibility index (Phi) is 6.97. The van der Waals surface area contributed by atoms with Crippen molar-refractivity contribution in [2.24, 2.45) is 0 Å². The first-order chi connectivity index (χ1) is 18.0. The van der Waals surface area contributed by atoms with Crippen molar-refractivity contribution < 1.29 is 18.7 Å². The Morgan fingerprint density at radius 2 is 1.68 bits per heavy atom. The molecular weight excluding hydrogens is 468 g/mol. The van der Waals surface area contributed by atoms with Gasteiger partial charge in [0.2, 0.25) is 5.76 Å². The first-order valence-electron chi connectivity index (χ1n) is 12.4. The number of benzene rings is 3. The number of fused-ring (bicyclic) bond motifs is 2. The number of para-hydroxylation sites is 1. The molecule has 1 aliphatic rings. The number of likely N-dealkylation sites (N-methyl/N-ethyl adjacent to an activating group) is 1. The fourth-order valence-corrected chi connectivity index (χ4v) is 4.67. The van der Waals surface area contributed by atoms with Crippen LogP contribution in [0.2, 0.25) is 0 Å². The van der Waals surface area contributed by atoms with Crippen LogP contribution in [0, 0.1) is 0 Å². The predicted molar refractivity (Wildman–Crippen MR) is 142 cm³/mol. The van der Waals surface area contributed by atoms with Crippen molar-refractivity contribution in [2.45, 2.75) is 19.6 Å². The van der Waals surface area contributed by atoms with E-state index in [0.717, 1.165) is 11.1 Å². The zero-order valence-corrected chi connectivity index (χ0v) is 21.3. The number of rotatable bonds is 9. The normalized spacial score (nSPS) is 14.9. The van der Waals surface area contributed by atoms with E-state index in [-0.39, 0.29) is 17.1 Å². The summed E-state index contributed by atoms with van der Waals surface area (Å²) in [6, 6.07) is 22.0. The predicted octanol–water partition coefficient (Wildman–Crippen LogP) is 4.88. The minimum atomic E-state index is -0.592. The Bertz CT molecular complexity index is 1480. The summed E-state index contributed by atoms with van der Waals surface area (Å²) in [6.07, 6.45) is 0. The van der Waals surface area contributed by atoms with Crippen LogP contribution in [0.15, 0.2) is 82.0 Å². The van der Waals surface area contributed by atoms with Crippen LogP contribution in [0.25, 0.3) is 11.0 Å². The summed E-state index contributed by atoms with van der Waals surface area (Å²) in [7, 11) is 3.90. The number of hydrogen-bond donors (Lipinski definition) is 0. The summed E-state index contributed by atoms with van der Waals surface area (Å²) < 4.78 is 18.0. The minimum Gasteiger partial charge on any atom is -0.490 e. The first kappa shape index (κ1) is 24.6. The first-order valence-corrected chi connectivity index (χ1v) is 12.4. The van der Waals surface area contributed by atoms with E-state index in [4.69, 9.17) is 13.9 Å². The molecule has 7 heteroatoms. The Morgan fingerprint density at radius 3 is 2.43 bits per heavy atom. The molecule has 4 aromatic rings. The second-order valence-electron chi connectivity index (χ2n) is 9.29. The number of nitrogens with zero attached hydrogens (tertiary/aromatic N) is 2. The minimum absolute atomic E-state index is 0.106. The molecule has 37 heavy (non-hydrogen) atoms. The summed E-state index contributed by atoms with van der Waals surface area (Å²) in [4.78, 5) is 30.9. The Morgan fingerprint density at radius 1 is 0.919 bits per heavy atom. The molecule has 190 valence electrons. The van der Waals surface area contributed by atoms with Gasteiger partial charge in [-0.2, -0.15) is 0 Å². The van der Waals surface area contributed by atoms with Crippen molar-refractivity contribution in [3.05, 3.63) is 105 Å². The van der Waals surface area contributed by atoms with E-state index in [2.05, 4.69) is 0 Å². The lowest BCUT2D eigenvalue weighted by Crippen LogP contribution is -2.35. The largest absolute Gasteiger partial charge is 0.490 e. The van der Waals surface area contributed by atoms with Crippen LogP contribution in [0.3, 0.4) is 0 Å². The van der Waals surface area contributed by atoms with Crippen molar-refractivity contribution >= 4 is 16.9 Å². The zero-order valence-electron chi connectivity index (χ0n) is 21.3. The molecule has 5 rings (SSSR count). The van der Waals surface area contributed by atoms with Gasteiger partial charge in [0.15, 0.2) is 16.9 Å². The van der Waals surface area contributed by atoms with Crippen LogP contribution >= 0.6 is 0 Å². The number of carbonyl (C=O) groups excluding carboxylic acids is 1. The molecular formula is C30H30N2O5. The van der Waals surface area contributed by atoms with Gasteiger partial charge in [0.25, 0.3) is 5.91 Å². The highest BCUT2D eigenvalue weighted by atomic mass is 16.5. The van der Waals surface area contributed by atoms with Crippen LogP contribution in [0.5, 0.6) is 11.5 Å². The average Bonchev–Trinajstić information content (AvgIpc) is 3.19.